The number of hydrogen-bond donors (Lipinski definition) is 0. The van der Waals surface area contributed by atoms with Crippen molar-refractivity contribution in [3.05, 3.63) is 105 Å². The molecule has 224 valence electrons. The zero-order chi connectivity index (χ0) is 30.0. The number of unbranched alkanes of at least 4 members (excludes halogenated alkanes) is 1. The molecule has 3 aromatic rings. The summed E-state index contributed by atoms with van der Waals surface area (Å²) in [6, 6.07) is 9.44. The van der Waals surface area contributed by atoms with Crippen molar-refractivity contribution in [2.75, 3.05) is 6.61 Å². The van der Waals surface area contributed by atoms with Crippen molar-refractivity contribution in [2.24, 2.45) is 0 Å². The van der Waals surface area contributed by atoms with E-state index in [0.717, 1.165) is 12.8 Å². The van der Waals surface area contributed by atoms with Crippen molar-refractivity contribution >= 4 is 5.57 Å². The maximum atomic E-state index is 15.4. The summed E-state index contributed by atoms with van der Waals surface area (Å²) in [4.78, 5) is 0. The fourth-order valence-corrected chi connectivity index (χ4v) is 6.48. The van der Waals surface area contributed by atoms with Crippen LogP contribution in [0.2, 0.25) is 0 Å². The van der Waals surface area contributed by atoms with Crippen LogP contribution in [-0.2, 0) is 0 Å². The van der Waals surface area contributed by atoms with Gasteiger partial charge >= 0.3 is 0 Å². The number of aryl methyl sites for hydroxylation is 1. The van der Waals surface area contributed by atoms with E-state index in [4.69, 9.17) is 4.74 Å². The molecule has 0 bridgehead atoms. The molecule has 2 aliphatic carbocycles. The molecule has 42 heavy (non-hydrogen) atoms. The van der Waals surface area contributed by atoms with E-state index in [1.54, 1.807) is 30.3 Å². The van der Waals surface area contributed by atoms with Gasteiger partial charge in [-0.1, -0.05) is 43.7 Å². The van der Waals surface area contributed by atoms with Crippen LogP contribution in [0.25, 0.3) is 5.57 Å². The number of halogens is 6. The van der Waals surface area contributed by atoms with E-state index in [1.165, 1.54) is 19.1 Å². The Bertz CT molecular complexity index is 1470. The molecule has 5 rings (SSSR count). The van der Waals surface area contributed by atoms with Crippen molar-refractivity contribution in [3.8, 4) is 5.75 Å². The topological polar surface area (TPSA) is 9.23 Å². The number of hydrogen-bond acceptors (Lipinski definition) is 1. The lowest BCUT2D eigenvalue weighted by Crippen LogP contribution is -2.16. The summed E-state index contributed by atoms with van der Waals surface area (Å²) >= 11 is 0. The van der Waals surface area contributed by atoms with Gasteiger partial charge in [-0.25, -0.2) is 22.0 Å². The third kappa shape index (κ3) is 5.97. The SMILES string of the molecule is CCCCOc1ccc(C2=CCC(c3ccc(C4CCC(c5ccc(C)c(F)c5F)CC4)c(F)c3F)CC2)c(F)c1F. The lowest BCUT2D eigenvalue weighted by atomic mass is 9.75. The Balaban J connectivity index is 1.25. The summed E-state index contributed by atoms with van der Waals surface area (Å²) in [5.41, 5.74) is 2.01. The molecule has 0 aromatic heterocycles. The molecule has 0 aliphatic heterocycles. The Morgan fingerprint density at radius 3 is 1.79 bits per heavy atom. The van der Waals surface area contributed by atoms with Gasteiger partial charge in [-0.2, -0.15) is 4.39 Å². The van der Waals surface area contributed by atoms with Crippen LogP contribution < -0.4 is 4.74 Å². The molecule has 1 fully saturated rings. The normalized spacial score (nSPS) is 20.9. The van der Waals surface area contributed by atoms with Gasteiger partial charge in [0.25, 0.3) is 0 Å². The monoisotopic (exact) mass is 586 g/mol. The first-order valence-electron chi connectivity index (χ1n) is 14.9. The minimum atomic E-state index is -1.01. The van der Waals surface area contributed by atoms with Crippen LogP contribution in [0.15, 0.2) is 42.5 Å². The third-order valence-electron chi connectivity index (χ3n) is 9.05. The standard InChI is InChI=1S/C35H36F6O/c1-3-4-19-42-29-18-17-28(34(40)35(29)41)24-12-10-23(11-13-24)27-16-15-26(32(38)33(27)39)22-8-6-21(7-9-22)25-14-5-20(2)30(36)31(25)37/h5,12,14-18,21-23H,3-4,6-11,13,19H2,1-2H3. The maximum absolute atomic E-state index is 15.4. The summed E-state index contributed by atoms with van der Waals surface area (Å²) < 4.78 is 94.1. The second-order valence-electron chi connectivity index (χ2n) is 11.7. The molecule has 7 heteroatoms. The maximum Gasteiger partial charge on any atom is 0.201 e. The molecule has 0 N–H and O–H groups in total. The highest BCUT2D eigenvalue weighted by Crippen LogP contribution is 2.44. The zero-order valence-electron chi connectivity index (χ0n) is 24.0. The number of rotatable bonds is 8. The number of benzene rings is 3. The molecule has 0 spiro atoms. The molecule has 1 atom stereocenters. The first kappa shape index (κ1) is 30.2. The largest absolute Gasteiger partial charge is 0.490 e. The Kier molecular flexibility index (Phi) is 9.34. The van der Waals surface area contributed by atoms with Crippen LogP contribution in [0.1, 0.15) is 110 Å². The van der Waals surface area contributed by atoms with Crippen molar-refractivity contribution < 1.29 is 31.1 Å². The molecule has 0 amide bonds. The molecular formula is C35H36F6O. The fourth-order valence-electron chi connectivity index (χ4n) is 6.48. The highest BCUT2D eigenvalue weighted by molar-refractivity contribution is 5.68. The van der Waals surface area contributed by atoms with Crippen LogP contribution in [0.3, 0.4) is 0 Å². The first-order valence-corrected chi connectivity index (χ1v) is 14.9. The minimum Gasteiger partial charge on any atom is -0.490 e. The van der Waals surface area contributed by atoms with Gasteiger partial charge in [-0.05, 0) is 116 Å². The smallest absolute Gasteiger partial charge is 0.201 e. The summed E-state index contributed by atoms with van der Waals surface area (Å²) in [5.74, 6) is -6.09. The second-order valence-corrected chi connectivity index (χ2v) is 11.7. The molecule has 1 unspecified atom stereocenters. The predicted octanol–water partition coefficient (Wildman–Crippen LogP) is 10.8. The summed E-state index contributed by atoms with van der Waals surface area (Å²) in [5, 5.41) is 0. The molecule has 1 nitrogen and oxygen atoms in total. The van der Waals surface area contributed by atoms with E-state index >= 15 is 8.78 Å². The fraction of sp³-hybridized carbons (Fsp3) is 0.429. The lowest BCUT2D eigenvalue weighted by Gasteiger charge is -2.30. The van der Waals surface area contributed by atoms with E-state index in [2.05, 4.69) is 0 Å². The van der Waals surface area contributed by atoms with Crippen LogP contribution >= 0.6 is 0 Å². The first-order chi connectivity index (χ1) is 20.2. The second kappa shape index (κ2) is 13.0. The molecule has 0 radical (unpaired) electrons. The Morgan fingerprint density at radius 2 is 1.21 bits per heavy atom. The van der Waals surface area contributed by atoms with Gasteiger partial charge in [0.1, 0.15) is 0 Å². The summed E-state index contributed by atoms with van der Waals surface area (Å²) in [7, 11) is 0. The van der Waals surface area contributed by atoms with E-state index in [-0.39, 0.29) is 40.2 Å². The lowest BCUT2D eigenvalue weighted by molar-refractivity contribution is 0.288. The Labute approximate surface area is 243 Å². The van der Waals surface area contributed by atoms with Crippen LogP contribution in [0, 0.1) is 41.8 Å². The molecule has 2 aliphatic rings. The minimum absolute atomic E-state index is 0.110. The highest BCUT2D eigenvalue weighted by Gasteiger charge is 2.31. The number of ether oxygens (including phenoxy) is 1. The molecule has 0 heterocycles. The van der Waals surface area contributed by atoms with Crippen molar-refractivity contribution in [3.63, 3.8) is 0 Å². The molecular weight excluding hydrogens is 550 g/mol. The molecule has 0 saturated heterocycles. The van der Waals surface area contributed by atoms with Gasteiger partial charge in [-0.15, -0.1) is 0 Å². The number of allylic oxidation sites excluding steroid dienone is 2. The summed E-state index contributed by atoms with van der Waals surface area (Å²) in [6.07, 6.45) is 6.88. The van der Waals surface area contributed by atoms with E-state index in [1.807, 2.05) is 6.92 Å². The van der Waals surface area contributed by atoms with E-state index < -0.39 is 34.9 Å². The summed E-state index contributed by atoms with van der Waals surface area (Å²) in [6.45, 7) is 3.81. The Hall–Kier alpha value is -3.22. The van der Waals surface area contributed by atoms with Gasteiger partial charge in [-0.3, -0.25) is 0 Å². The van der Waals surface area contributed by atoms with Crippen LogP contribution in [-0.4, -0.2) is 6.61 Å². The van der Waals surface area contributed by atoms with Gasteiger partial charge in [0.2, 0.25) is 5.82 Å². The molecule has 3 aromatic carbocycles. The highest BCUT2D eigenvalue weighted by atomic mass is 19.2. The molecule has 1 saturated carbocycles. The average Bonchev–Trinajstić information content (AvgIpc) is 3.00. The van der Waals surface area contributed by atoms with Crippen molar-refractivity contribution in [1.82, 2.24) is 0 Å². The van der Waals surface area contributed by atoms with Crippen molar-refractivity contribution in [2.45, 2.75) is 89.4 Å². The van der Waals surface area contributed by atoms with E-state index in [0.29, 0.717) is 68.3 Å². The Morgan fingerprint density at radius 1 is 0.643 bits per heavy atom. The van der Waals surface area contributed by atoms with Crippen LogP contribution in [0.5, 0.6) is 5.75 Å². The van der Waals surface area contributed by atoms with Gasteiger partial charge in [0.05, 0.1) is 6.61 Å². The zero-order valence-corrected chi connectivity index (χ0v) is 24.0. The van der Waals surface area contributed by atoms with E-state index in [9.17, 15) is 17.6 Å². The van der Waals surface area contributed by atoms with Gasteiger partial charge in [0.15, 0.2) is 34.8 Å². The average molecular weight is 587 g/mol. The third-order valence-corrected chi connectivity index (χ3v) is 9.05. The van der Waals surface area contributed by atoms with Crippen molar-refractivity contribution in [1.29, 1.82) is 0 Å². The predicted molar refractivity (Wildman–Crippen MR) is 153 cm³/mol. The van der Waals surface area contributed by atoms with Gasteiger partial charge in [0, 0.05) is 5.56 Å². The van der Waals surface area contributed by atoms with Crippen LogP contribution in [0.4, 0.5) is 26.3 Å². The van der Waals surface area contributed by atoms with Gasteiger partial charge < -0.3 is 4.74 Å². The quantitative estimate of drug-likeness (QED) is 0.188.